The summed E-state index contributed by atoms with van der Waals surface area (Å²) in [4.78, 5) is 15.4. The molecule has 0 fully saturated rings. The highest BCUT2D eigenvalue weighted by molar-refractivity contribution is 6.03. The van der Waals surface area contributed by atoms with Gasteiger partial charge in [0, 0.05) is 25.0 Å². The van der Waals surface area contributed by atoms with Crippen LogP contribution in [0.5, 0.6) is 0 Å². The van der Waals surface area contributed by atoms with E-state index >= 15 is 0 Å². The minimum Gasteiger partial charge on any atom is -0.337 e. The molecule has 2 heterocycles. The van der Waals surface area contributed by atoms with Crippen molar-refractivity contribution in [2.75, 3.05) is 13.1 Å². The van der Waals surface area contributed by atoms with Gasteiger partial charge in [0.1, 0.15) is 5.69 Å². The molecule has 1 aliphatic rings. The molecule has 3 heteroatoms. The monoisotopic (exact) mass is 360 g/mol. The topological polar surface area (TPSA) is 25.2 Å². The largest absolute Gasteiger partial charge is 0.337 e. The number of unbranched alkanes of at least 4 members (excludes halogenated alkanes) is 1. The maximum Gasteiger partial charge on any atom is 0.270 e. The van der Waals surface area contributed by atoms with Gasteiger partial charge in [0.15, 0.2) is 0 Å². The minimum atomic E-state index is 0.216. The van der Waals surface area contributed by atoms with Gasteiger partial charge < -0.3 is 9.47 Å². The minimum absolute atomic E-state index is 0.216. The van der Waals surface area contributed by atoms with Crippen LogP contribution in [0.4, 0.5) is 0 Å². The van der Waals surface area contributed by atoms with Crippen molar-refractivity contribution in [2.24, 2.45) is 0 Å². The number of carbonyl (C=O) groups is 1. The SMILES string of the molecule is CCCCN1CCc2c(n(CCc3ccccc3)c3c(C)cccc23)C1=O. The van der Waals surface area contributed by atoms with Gasteiger partial charge in [-0.25, -0.2) is 0 Å². The van der Waals surface area contributed by atoms with Crippen LogP contribution in [0.2, 0.25) is 0 Å². The van der Waals surface area contributed by atoms with Crippen molar-refractivity contribution in [1.82, 2.24) is 9.47 Å². The number of amides is 1. The van der Waals surface area contributed by atoms with Crippen molar-refractivity contribution in [3.05, 3.63) is 70.9 Å². The van der Waals surface area contributed by atoms with E-state index in [0.29, 0.717) is 0 Å². The molecule has 0 saturated heterocycles. The zero-order chi connectivity index (χ0) is 18.8. The van der Waals surface area contributed by atoms with E-state index in [-0.39, 0.29) is 5.91 Å². The summed E-state index contributed by atoms with van der Waals surface area (Å²) in [5.41, 5.74) is 5.98. The molecular weight excluding hydrogens is 332 g/mol. The second kappa shape index (κ2) is 7.59. The Morgan fingerprint density at radius 2 is 1.81 bits per heavy atom. The first-order valence-electron chi connectivity index (χ1n) is 10.1. The molecule has 0 N–H and O–H groups in total. The van der Waals surface area contributed by atoms with E-state index in [9.17, 15) is 4.79 Å². The molecule has 0 bridgehead atoms. The summed E-state index contributed by atoms with van der Waals surface area (Å²) in [7, 11) is 0. The number of nitrogens with zero attached hydrogens (tertiary/aromatic N) is 2. The van der Waals surface area contributed by atoms with Gasteiger partial charge in [0.05, 0.1) is 5.52 Å². The number of para-hydroxylation sites is 1. The molecule has 0 unspecified atom stereocenters. The first-order chi connectivity index (χ1) is 13.2. The molecule has 0 atom stereocenters. The van der Waals surface area contributed by atoms with Gasteiger partial charge in [-0.1, -0.05) is 61.9 Å². The summed E-state index contributed by atoms with van der Waals surface area (Å²) >= 11 is 0. The van der Waals surface area contributed by atoms with E-state index < -0.39 is 0 Å². The molecule has 2 aromatic carbocycles. The first-order valence-corrected chi connectivity index (χ1v) is 10.1. The van der Waals surface area contributed by atoms with Crippen LogP contribution in [0.15, 0.2) is 48.5 Å². The van der Waals surface area contributed by atoms with E-state index in [2.05, 4.69) is 71.8 Å². The summed E-state index contributed by atoms with van der Waals surface area (Å²) in [6.45, 7) is 6.89. The average Bonchev–Trinajstić information content (AvgIpc) is 3.02. The van der Waals surface area contributed by atoms with Gasteiger partial charge in [0.25, 0.3) is 5.91 Å². The molecule has 0 saturated carbocycles. The van der Waals surface area contributed by atoms with Crippen molar-refractivity contribution < 1.29 is 4.79 Å². The molecule has 1 aliphatic heterocycles. The predicted octanol–water partition coefficient (Wildman–Crippen LogP) is 4.99. The maximum atomic E-state index is 13.3. The van der Waals surface area contributed by atoms with Gasteiger partial charge in [-0.3, -0.25) is 4.79 Å². The lowest BCUT2D eigenvalue weighted by molar-refractivity contribution is 0.0726. The Morgan fingerprint density at radius 1 is 1.00 bits per heavy atom. The van der Waals surface area contributed by atoms with Gasteiger partial charge in [0.2, 0.25) is 0 Å². The summed E-state index contributed by atoms with van der Waals surface area (Å²) < 4.78 is 2.30. The summed E-state index contributed by atoms with van der Waals surface area (Å²) in [6.07, 6.45) is 4.09. The molecule has 0 aliphatic carbocycles. The third-order valence-electron chi connectivity index (χ3n) is 5.76. The molecule has 3 aromatic rings. The molecule has 140 valence electrons. The third kappa shape index (κ3) is 3.27. The Balaban J connectivity index is 1.77. The number of fused-ring (bicyclic) bond motifs is 3. The van der Waals surface area contributed by atoms with Gasteiger partial charge >= 0.3 is 0 Å². The van der Waals surface area contributed by atoms with Crippen LogP contribution < -0.4 is 0 Å². The lowest BCUT2D eigenvalue weighted by atomic mass is 10.0. The average molecular weight is 361 g/mol. The van der Waals surface area contributed by atoms with E-state index in [0.717, 1.165) is 51.0 Å². The highest BCUT2D eigenvalue weighted by Crippen LogP contribution is 2.33. The molecule has 0 radical (unpaired) electrons. The second-order valence-corrected chi connectivity index (χ2v) is 7.58. The predicted molar refractivity (Wildman–Crippen MR) is 111 cm³/mol. The van der Waals surface area contributed by atoms with Crippen molar-refractivity contribution in [2.45, 2.75) is 46.1 Å². The standard InChI is InChI=1S/C24H28N2O/c1-3-4-15-25-16-14-21-20-12-8-9-18(2)22(20)26(23(21)24(25)27)17-13-19-10-6-5-7-11-19/h5-12H,3-4,13-17H2,1-2H3. The first kappa shape index (κ1) is 17.8. The van der Waals surface area contributed by atoms with Crippen LogP contribution in [0.25, 0.3) is 10.9 Å². The number of hydrogen-bond donors (Lipinski definition) is 0. The Hall–Kier alpha value is -2.55. The van der Waals surface area contributed by atoms with Crippen LogP contribution in [-0.4, -0.2) is 28.5 Å². The zero-order valence-corrected chi connectivity index (χ0v) is 16.4. The van der Waals surface area contributed by atoms with Crippen molar-refractivity contribution >= 4 is 16.8 Å². The lowest BCUT2D eigenvalue weighted by Gasteiger charge is -2.28. The number of aryl methyl sites for hydroxylation is 3. The van der Waals surface area contributed by atoms with E-state index in [4.69, 9.17) is 0 Å². The normalized spacial score (nSPS) is 14.0. The fourth-order valence-corrected chi connectivity index (χ4v) is 4.33. The highest BCUT2D eigenvalue weighted by Gasteiger charge is 2.30. The van der Waals surface area contributed by atoms with Crippen LogP contribution in [0.1, 0.15) is 46.9 Å². The summed E-state index contributed by atoms with van der Waals surface area (Å²) in [5.74, 6) is 0.216. The Labute approximate surface area is 161 Å². The molecule has 1 amide bonds. The smallest absolute Gasteiger partial charge is 0.270 e. The van der Waals surface area contributed by atoms with Crippen LogP contribution in [0, 0.1) is 6.92 Å². The molecule has 3 nitrogen and oxygen atoms in total. The number of carbonyl (C=O) groups excluding carboxylic acids is 1. The molecule has 27 heavy (non-hydrogen) atoms. The quantitative estimate of drug-likeness (QED) is 0.608. The fraction of sp³-hybridized carbons (Fsp3) is 0.375. The molecular formula is C24H28N2O. The zero-order valence-electron chi connectivity index (χ0n) is 16.4. The number of benzene rings is 2. The highest BCUT2D eigenvalue weighted by atomic mass is 16.2. The van der Waals surface area contributed by atoms with E-state index in [1.165, 1.54) is 27.6 Å². The van der Waals surface area contributed by atoms with Gasteiger partial charge in [-0.2, -0.15) is 0 Å². The van der Waals surface area contributed by atoms with Crippen LogP contribution in [0.3, 0.4) is 0 Å². The van der Waals surface area contributed by atoms with Crippen LogP contribution >= 0.6 is 0 Å². The third-order valence-corrected chi connectivity index (χ3v) is 5.76. The van der Waals surface area contributed by atoms with Gasteiger partial charge in [-0.15, -0.1) is 0 Å². The van der Waals surface area contributed by atoms with Crippen molar-refractivity contribution in [3.63, 3.8) is 0 Å². The van der Waals surface area contributed by atoms with Crippen LogP contribution in [-0.2, 0) is 19.4 Å². The second-order valence-electron chi connectivity index (χ2n) is 7.58. The van der Waals surface area contributed by atoms with Gasteiger partial charge in [-0.05, 0) is 42.9 Å². The number of aromatic nitrogens is 1. The Bertz CT molecular complexity index is 955. The number of hydrogen-bond acceptors (Lipinski definition) is 1. The van der Waals surface area contributed by atoms with E-state index in [1.807, 2.05) is 0 Å². The lowest BCUT2D eigenvalue weighted by Crippen LogP contribution is -2.39. The Kier molecular flexibility index (Phi) is 5.02. The van der Waals surface area contributed by atoms with E-state index in [1.54, 1.807) is 0 Å². The molecule has 1 aromatic heterocycles. The van der Waals surface area contributed by atoms with Crippen molar-refractivity contribution in [3.8, 4) is 0 Å². The summed E-state index contributed by atoms with van der Waals surface area (Å²) in [5, 5.41) is 1.27. The maximum absolute atomic E-state index is 13.3. The summed E-state index contributed by atoms with van der Waals surface area (Å²) in [6, 6.07) is 17.0. The molecule has 0 spiro atoms. The van der Waals surface area contributed by atoms with Crippen molar-refractivity contribution in [1.29, 1.82) is 0 Å². The molecule has 4 rings (SSSR count). The fourth-order valence-electron chi connectivity index (χ4n) is 4.33. The number of rotatable bonds is 6. The Morgan fingerprint density at radius 3 is 2.59 bits per heavy atom.